The van der Waals surface area contributed by atoms with Gasteiger partial charge in [-0.15, -0.1) is 0 Å². The number of aromatic nitrogens is 2. The smallest absolute Gasteiger partial charge is 0.327 e. The fraction of sp³-hybridized carbons (Fsp3) is 0.179. The van der Waals surface area contributed by atoms with E-state index in [0.29, 0.717) is 28.3 Å². The third-order valence-electron chi connectivity index (χ3n) is 6.31. The number of aryl methyl sites for hydroxylation is 2. The summed E-state index contributed by atoms with van der Waals surface area (Å²) in [6.45, 7) is 5.47. The summed E-state index contributed by atoms with van der Waals surface area (Å²) in [4.78, 5) is 19.4. The number of carbonyl (C=O) groups is 1. The van der Waals surface area contributed by atoms with Crippen LogP contribution in [-0.4, -0.2) is 23.3 Å². The maximum Gasteiger partial charge on any atom is 0.327 e. The summed E-state index contributed by atoms with van der Waals surface area (Å²) in [5.74, 6) is 0.994. The second-order valence-electron chi connectivity index (χ2n) is 8.71. The quantitative estimate of drug-likeness (QED) is 0.365. The highest BCUT2D eigenvalue weighted by atomic mass is 19.1. The molecule has 0 radical (unpaired) electrons. The number of allylic oxidation sites excluding steroid dienone is 1. The van der Waals surface area contributed by atoms with Crippen molar-refractivity contribution in [3.05, 3.63) is 101 Å². The van der Waals surface area contributed by atoms with Crippen LogP contribution in [0, 0.1) is 19.7 Å². The third kappa shape index (κ3) is 4.22. The zero-order chi connectivity index (χ0) is 25.4. The van der Waals surface area contributed by atoms with E-state index in [1.165, 1.54) is 11.0 Å². The first-order valence-electron chi connectivity index (χ1n) is 11.5. The minimum atomic E-state index is -0.534. The molecule has 8 heteroatoms. The first-order chi connectivity index (χ1) is 17.4. The fourth-order valence-electron chi connectivity index (χ4n) is 4.25. The lowest BCUT2D eigenvalue weighted by molar-refractivity contribution is 0.244. The van der Waals surface area contributed by atoms with Gasteiger partial charge in [0.15, 0.2) is 0 Å². The zero-order valence-electron chi connectivity index (χ0n) is 20.4. The second-order valence-corrected chi connectivity index (χ2v) is 8.71. The highest BCUT2D eigenvalue weighted by Gasteiger charge is 2.36. The summed E-state index contributed by atoms with van der Waals surface area (Å²) in [7, 11) is 1.60. The molecule has 1 unspecified atom stereocenters. The topological polar surface area (TPSA) is 80.5 Å². The van der Waals surface area contributed by atoms with Gasteiger partial charge < -0.3 is 14.6 Å². The van der Waals surface area contributed by atoms with E-state index in [9.17, 15) is 9.18 Å². The van der Waals surface area contributed by atoms with Crippen LogP contribution in [0.3, 0.4) is 0 Å². The van der Waals surface area contributed by atoms with E-state index in [1.807, 2.05) is 55.5 Å². The van der Waals surface area contributed by atoms with Crippen LogP contribution in [0.15, 0.2) is 77.0 Å². The van der Waals surface area contributed by atoms with Gasteiger partial charge in [-0.05, 0) is 68.3 Å². The van der Waals surface area contributed by atoms with Crippen molar-refractivity contribution < 1.29 is 18.4 Å². The summed E-state index contributed by atoms with van der Waals surface area (Å²) in [6, 6.07) is 19.0. The summed E-state index contributed by atoms with van der Waals surface area (Å²) in [5, 5.41) is 7.22. The number of ether oxygens (including phenoxy) is 1. The van der Waals surface area contributed by atoms with Crippen molar-refractivity contribution >= 4 is 17.3 Å². The number of halogens is 1. The van der Waals surface area contributed by atoms with Gasteiger partial charge in [-0.3, -0.25) is 4.90 Å². The molecule has 0 fully saturated rings. The summed E-state index contributed by atoms with van der Waals surface area (Å²) in [6.07, 6.45) is 0. The van der Waals surface area contributed by atoms with E-state index in [1.54, 1.807) is 33.1 Å². The number of hydrogen-bond acceptors (Lipinski definition) is 5. The largest absolute Gasteiger partial charge is 0.497 e. The van der Waals surface area contributed by atoms with Gasteiger partial charge in [-0.2, -0.15) is 4.98 Å². The lowest BCUT2D eigenvalue weighted by atomic mass is 9.94. The monoisotopic (exact) mass is 484 g/mol. The minimum Gasteiger partial charge on any atom is -0.497 e. The Morgan fingerprint density at radius 3 is 2.39 bits per heavy atom. The van der Waals surface area contributed by atoms with Crippen molar-refractivity contribution in [1.82, 2.24) is 15.5 Å². The van der Waals surface area contributed by atoms with Gasteiger partial charge in [0.2, 0.25) is 5.82 Å². The molecule has 0 spiro atoms. The molecule has 0 aliphatic carbocycles. The maximum absolute atomic E-state index is 14.4. The number of hydrogen-bond donors (Lipinski definition) is 1. The fourth-order valence-corrected chi connectivity index (χ4v) is 4.25. The van der Waals surface area contributed by atoms with Crippen LogP contribution in [-0.2, 0) is 0 Å². The number of benzene rings is 3. The van der Waals surface area contributed by atoms with Crippen LogP contribution in [0.1, 0.15) is 35.5 Å². The highest BCUT2D eigenvalue weighted by Crippen LogP contribution is 2.39. The minimum absolute atomic E-state index is 0.265. The Hall–Kier alpha value is -4.46. The Bertz CT molecular complexity index is 1460. The first kappa shape index (κ1) is 23.3. The predicted octanol–water partition coefficient (Wildman–Crippen LogP) is 6.20. The molecule has 2 amide bonds. The molecule has 182 valence electrons. The van der Waals surface area contributed by atoms with Crippen molar-refractivity contribution in [1.29, 1.82) is 0 Å². The van der Waals surface area contributed by atoms with Crippen molar-refractivity contribution in [2.24, 2.45) is 0 Å². The standard InChI is InChI=1S/C28H25FN4O3/c1-16-5-8-19(9-6-16)25-24(27-31-26(32-36-27)20-10-13-22(35-4)14-11-20)18(3)33(28(34)30-25)21-12-7-17(2)23(29)15-21/h5-15,25H,1-4H3,(H,30,34). The number of urea groups is 1. The van der Waals surface area contributed by atoms with Crippen LogP contribution in [0.25, 0.3) is 17.0 Å². The summed E-state index contributed by atoms with van der Waals surface area (Å²) in [5.41, 5.74) is 4.82. The number of amides is 2. The van der Waals surface area contributed by atoms with Gasteiger partial charge in [-0.25, -0.2) is 9.18 Å². The van der Waals surface area contributed by atoms with E-state index in [2.05, 4.69) is 15.5 Å². The second kappa shape index (κ2) is 9.30. The number of carbonyl (C=O) groups excluding carboxylic acids is 1. The van der Waals surface area contributed by atoms with E-state index < -0.39 is 11.9 Å². The molecule has 1 aliphatic rings. The van der Waals surface area contributed by atoms with Crippen LogP contribution < -0.4 is 15.0 Å². The van der Waals surface area contributed by atoms with Crippen molar-refractivity contribution in [2.45, 2.75) is 26.8 Å². The molecule has 0 saturated heterocycles. The van der Waals surface area contributed by atoms with E-state index in [0.717, 1.165) is 22.4 Å². The molecule has 1 aliphatic heterocycles. The first-order valence-corrected chi connectivity index (χ1v) is 11.5. The molecule has 5 rings (SSSR count). The van der Waals surface area contributed by atoms with Crippen molar-refractivity contribution in [3.8, 4) is 17.1 Å². The molecule has 1 aromatic heterocycles. The Balaban J connectivity index is 1.64. The van der Waals surface area contributed by atoms with Gasteiger partial charge >= 0.3 is 6.03 Å². The average molecular weight is 485 g/mol. The molecule has 36 heavy (non-hydrogen) atoms. The van der Waals surface area contributed by atoms with Gasteiger partial charge in [0, 0.05) is 11.3 Å². The molecule has 0 bridgehead atoms. The molecule has 4 aromatic rings. The SMILES string of the molecule is COc1ccc(-c2noc(C3=C(C)N(c4ccc(C)c(F)c4)C(=O)NC3c3ccc(C)cc3)n2)cc1. The summed E-state index contributed by atoms with van der Waals surface area (Å²) < 4.78 is 25.4. The Morgan fingerprint density at radius 2 is 1.72 bits per heavy atom. The van der Waals surface area contributed by atoms with Gasteiger partial charge in [0.1, 0.15) is 11.6 Å². The zero-order valence-corrected chi connectivity index (χ0v) is 20.4. The van der Waals surface area contributed by atoms with E-state index in [4.69, 9.17) is 9.26 Å². The van der Waals surface area contributed by atoms with Crippen LogP contribution in [0.5, 0.6) is 5.75 Å². The Morgan fingerprint density at radius 1 is 1.00 bits per heavy atom. The third-order valence-corrected chi connectivity index (χ3v) is 6.31. The molecule has 1 N–H and O–H groups in total. The number of nitrogens with zero attached hydrogens (tertiary/aromatic N) is 3. The molecule has 7 nitrogen and oxygen atoms in total. The molecule has 2 heterocycles. The number of methoxy groups -OCH3 is 1. The van der Waals surface area contributed by atoms with E-state index in [-0.39, 0.29) is 11.9 Å². The Kier molecular flexibility index (Phi) is 6.01. The van der Waals surface area contributed by atoms with Crippen molar-refractivity contribution in [3.63, 3.8) is 0 Å². The number of anilines is 1. The normalized spacial score (nSPS) is 15.8. The van der Waals surface area contributed by atoms with Crippen LogP contribution in [0.2, 0.25) is 0 Å². The van der Waals surface area contributed by atoms with Crippen LogP contribution in [0.4, 0.5) is 14.9 Å². The molecular formula is C28H25FN4O3. The molecular weight excluding hydrogens is 459 g/mol. The molecule has 1 atom stereocenters. The average Bonchev–Trinajstić information content (AvgIpc) is 3.36. The number of rotatable bonds is 5. The van der Waals surface area contributed by atoms with E-state index >= 15 is 0 Å². The summed E-state index contributed by atoms with van der Waals surface area (Å²) >= 11 is 0. The lowest BCUT2D eigenvalue weighted by Crippen LogP contribution is -2.46. The predicted molar refractivity (Wildman–Crippen MR) is 135 cm³/mol. The Labute approximate surface area is 208 Å². The van der Waals surface area contributed by atoms with Gasteiger partial charge in [-0.1, -0.05) is 41.1 Å². The molecule has 0 saturated carbocycles. The highest BCUT2D eigenvalue weighted by molar-refractivity contribution is 6.01. The maximum atomic E-state index is 14.4. The molecule has 3 aromatic carbocycles. The van der Waals surface area contributed by atoms with Gasteiger partial charge in [0.05, 0.1) is 24.4 Å². The van der Waals surface area contributed by atoms with Crippen LogP contribution >= 0.6 is 0 Å². The van der Waals surface area contributed by atoms with Crippen molar-refractivity contribution in [2.75, 3.05) is 12.0 Å². The number of nitrogens with one attached hydrogen (secondary N) is 1. The lowest BCUT2D eigenvalue weighted by Gasteiger charge is -2.35. The van der Waals surface area contributed by atoms with Gasteiger partial charge in [0.25, 0.3) is 5.89 Å².